The van der Waals surface area contributed by atoms with Crippen LogP contribution in [0.1, 0.15) is 31.3 Å². The number of nitrogens with zero attached hydrogens (tertiary/aromatic N) is 2. The first kappa shape index (κ1) is 13.7. The molecule has 0 saturated carbocycles. The maximum atomic E-state index is 4.37. The summed E-state index contributed by atoms with van der Waals surface area (Å²) in [5, 5.41) is 15.6. The summed E-state index contributed by atoms with van der Waals surface area (Å²) in [6.45, 7) is 5.25. The summed E-state index contributed by atoms with van der Waals surface area (Å²) in [5.41, 5.74) is 0. The Hall–Kier alpha value is -1.30. The number of aromatic nitrogens is 2. The molecule has 2 aromatic heterocycles. The number of benzene rings is 1. The van der Waals surface area contributed by atoms with Gasteiger partial charge in [-0.25, -0.2) is 0 Å². The predicted molar refractivity (Wildman–Crippen MR) is 87.4 cm³/mol. The van der Waals surface area contributed by atoms with Gasteiger partial charge >= 0.3 is 0 Å². The van der Waals surface area contributed by atoms with Gasteiger partial charge in [-0.2, -0.15) is 0 Å². The molecular formula is C15H17N3S2. The van der Waals surface area contributed by atoms with Crippen LogP contribution in [0.15, 0.2) is 30.3 Å². The molecule has 20 heavy (non-hydrogen) atoms. The molecule has 0 spiro atoms. The van der Waals surface area contributed by atoms with Crippen molar-refractivity contribution in [2.45, 2.75) is 26.3 Å². The second kappa shape index (κ2) is 5.99. The molecule has 0 bridgehead atoms. The first-order valence-corrected chi connectivity index (χ1v) is 8.50. The van der Waals surface area contributed by atoms with Gasteiger partial charge in [-0.3, -0.25) is 0 Å². The zero-order valence-electron chi connectivity index (χ0n) is 11.6. The summed E-state index contributed by atoms with van der Waals surface area (Å²) in [4.78, 5) is 1.21. The molecule has 2 heterocycles. The monoisotopic (exact) mass is 303 g/mol. The third-order valence-corrected chi connectivity index (χ3v) is 5.56. The van der Waals surface area contributed by atoms with Gasteiger partial charge < -0.3 is 5.32 Å². The van der Waals surface area contributed by atoms with E-state index < -0.39 is 0 Å². The molecule has 0 saturated heterocycles. The van der Waals surface area contributed by atoms with Gasteiger partial charge in [0.15, 0.2) is 5.01 Å². The van der Waals surface area contributed by atoms with Crippen LogP contribution < -0.4 is 5.32 Å². The normalized spacial score (nSPS) is 12.9. The van der Waals surface area contributed by atoms with Crippen LogP contribution in [0, 0.1) is 0 Å². The van der Waals surface area contributed by atoms with Crippen LogP contribution in [-0.2, 0) is 0 Å². The second-order valence-corrected chi connectivity index (χ2v) is 6.71. The minimum atomic E-state index is 0.320. The van der Waals surface area contributed by atoms with E-state index in [9.17, 15) is 0 Å². The van der Waals surface area contributed by atoms with Crippen LogP contribution in [0.4, 0.5) is 0 Å². The van der Waals surface area contributed by atoms with E-state index >= 15 is 0 Å². The summed E-state index contributed by atoms with van der Waals surface area (Å²) in [7, 11) is 0. The lowest BCUT2D eigenvalue weighted by Gasteiger charge is -2.10. The third kappa shape index (κ3) is 2.61. The van der Waals surface area contributed by atoms with Crippen molar-refractivity contribution in [3.05, 3.63) is 35.3 Å². The van der Waals surface area contributed by atoms with Crippen LogP contribution in [0.25, 0.3) is 20.0 Å². The van der Waals surface area contributed by atoms with Crippen molar-refractivity contribution in [2.75, 3.05) is 6.54 Å². The maximum absolute atomic E-state index is 4.37. The summed E-state index contributed by atoms with van der Waals surface area (Å²) >= 11 is 3.48. The molecule has 1 unspecified atom stereocenters. The van der Waals surface area contributed by atoms with E-state index in [2.05, 4.69) is 59.7 Å². The zero-order valence-corrected chi connectivity index (χ0v) is 13.2. The third-order valence-electron chi connectivity index (χ3n) is 3.23. The Kier molecular flexibility index (Phi) is 4.10. The highest BCUT2D eigenvalue weighted by molar-refractivity contribution is 7.25. The van der Waals surface area contributed by atoms with Crippen molar-refractivity contribution in [3.8, 4) is 9.88 Å². The van der Waals surface area contributed by atoms with Crippen LogP contribution in [0.3, 0.4) is 0 Å². The second-order valence-electron chi connectivity index (χ2n) is 4.61. The first-order valence-electron chi connectivity index (χ1n) is 6.87. The molecule has 1 atom stereocenters. The topological polar surface area (TPSA) is 37.8 Å². The Bertz CT molecular complexity index is 669. The molecule has 0 aliphatic heterocycles. The largest absolute Gasteiger partial charge is 0.308 e. The van der Waals surface area contributed by atoms with Crippen molar-refractivity contribution in [1.82, 2.24) is 15.5 Å². The van der Waals surface area contributed by atoms with Gasteiger partial charge in [0.05, 0.1) is 10.9 Å². The standard InChI is InChI=1S/C15H17N3S2/c1-3-11(16-4-2)14-17-18-15(20-14)13-9-10-7-5-6-8-12(10)19-13/h5-9,11,16H,3-4H2,1-2H3. The molecule has 1 N–H and O–H groups in total. The zero-order chi connectivity index (χ0) is 13.9. The molecule has 3 aromatic rings. The Morgan fingerprint density at radius 1 is 1.15 bits per heavy atom. The fourth-order valence-electron chi connectivity index (χ4n) is 2.21. The molecule has 0 amide bonds. The van der Waals surface area contributed by atoms with E-state index in [0.29, 0.717) is 6.04 Å². The minimum Gasteiger partial charge on any atom is -0.308 e. The van der Waals surface area contributed by atoms with Crippen molar-refractivity contribution >= 4 is 32.8 Å². The van der Waals surface area contributed by atoms with Crippen molar-refractivity contribution in [2.24, 2.45) is 0 Å². The predicted octanol–water partition coefficient (Wildman–Crippen LogP) is 4.48. The fraction of sp³-hybridized carbons (Fsp3) is 0.333. The van der Waals surface area contributed by atoms with Crippen LogP contribution in [0.2, 0.25) is 0 Å². The van der Waals surface area contributed by atoms with E-state index in [0.717, 1.165) is 23.0 Å². The van der Waals surface area contributed by atoms with Gasteiger partial charge in [-0.1, -0.05) is 43.4 Å². The highest BCUT2D eigenvalue weighted by Crippen LogP contribution is 2.36. The highest BCUT2D eigenvalue weighted by atomic mass is 32.1. The van der Waals surface area contributed by atoms with Gasteiger partial charge in [0.2, 0.25) is 0 Å². The van der Waals surface area contributed by atoms with Crippen molar-refractivity contribution < 1.29 is 0 Å². The molecular weight excluding hydrogens is 286 g/mol. The molecule has 5 heteroatoms. The Morgan fingerprint density at radius 3 is 2.75 bits per heavy atom. The highest BCUT2D eigenvalue weighted by Gasteiger charge is 2.15. The Labute approximate surface area is 126 Å². The summed E-state index contributed by atoms with van der Waals surface area (Å²) in [5.74, 6) is 0. The molecule has 0 radical (unpaired) electrons. The SMILES string of the molecule is CCNC(CC)c1nnc(-c2cc3ccccc3s2)s1. The molecule has 3 rings (SSSR count). The van der Waals surface area contributed by atoms with E-state index in [1.165, 1.54) is 15.0 Å². The number of fused-ring (bicyclic) bond motifs is 1. The van der Waals surface area contributed by atoms with E-state index in [1.54, 1.807) is 22.7 Å². The lowest BCUT2D eigenvalue weighted by molar-refractivity contribution is 0.531. The smallest absolute Gasteiger partial charge is 0.157 e. The number of thiophene rings is 1. The van der Waals surface area contributed by atoms with E-state index in [1.807, 2.05) is 0 Å². The number of hydrogen-bond donors (Lipinski definition) is 1. The summed E-state index contributed by atoms with van der Waals surface area (Å²) in [6.07, 6.45) is 1.04. The maximum Gasteiger partial charge on any atom is 0.157 e. The lowest BCUT2D eigenvalue weighted by Crippen LogP contribution is -2.19. The molecule has 3 nitrogen and oxygen atoms in total. The minimum absolute atomic E-state index is 0.320. The summed E-state index contributed by atoms with van der Waals surface area (Å²) in [6, 6.07) is 11.0. The van der Waals surface area contributed by atoms with Crippen LogP contribution >= 0.6 is 22.7 Å². The molecule has 1 aromatic carbocycles. The number of rotatable bonds is 5. The Balaban J connectivity index is 1.92. The molecule has 104 valence electrons. The lowest BCUT2D eigenvalue weighted by atomic mass is 10.2. The average molecular weight is 303 g/mol. The van der Waals surface area contributed by atoms with E-state index in [-0.39, 0.29) is 0 Å². The molecule has 0 aliphatic carbocycles. The average Bonchev–Trinajstić information content (AvgIpc) is 3.10. The first-order chi connectivity index (χ1) is 9.81. The van der Waals surface area contributed by atoms with Gasteiger partial charge in [0, 0.05) is 4.70 Å². The van der Waals surface area contributed by atoms with Gasteiger partial charge in [-0.05, 0) is 30.5 Å². The van der Waals surface area contributed by atoms with Crippen LogP contribution in [-0.4, -0.2) is 16.7 Å². The summed E-state index contributed by atoms with van der Waals surface area (Å²) < 4.78 is 1.30. The molecule has 0 aliphatic rings. The number of hydrogen-bond acceptors (Lipinski definition) is 5. The molecule has 0 fully saturated rings. The van der Waals surface area contributed by atoms with Gasteiger partial charge in [0.25, 0.3) is 0 Å². The van der Waals surface area contributed by atoms with Crippen molar-refractivity contribution in [3.63, 3.8) is 0 Å². The van der Waals surface area contributed by atoms with Gasteiger partial charge in [-0.15, -0.1) is 21.5 Å². The van der Waals surface area contributed by atoms with Crippen LogP contribution in [0.5, 0.6) is 0 Å². The van der Waals surface area contributed by atoms with Gasteiger partial charge in [0.1, 0.15) is 5.01 Å². The van der Waals surface area contributed by atoms with E-state index in [4.69, 9.17) is 0 Å². The Morgan fingerprint density at radius 2 is 2.00 bits per heavy atom. The van der Waals surface area contributed by atoms with Crippen molar-refractivity contribution in [1.29, 1.82) is 0 Å². The quantitative estimate of drug-likeness (QED) is 0.755. The number of nitrogens with one attached hydrogen (secondary N) is 1. The fourth-order valence-corrected chi connectivity index (χ4v) is 4.32.